The lowest BCUT2D eigenvalue weighted by Crippen LogP contribution is -2.55. The molecule has 0 aromatic carbocycles. The van der Waals surface area contributed by atoms with E-state index < -0.39 is 0 Å². The van der Waals surface area contributed by atoms with E-state index in [9.17, 15) is 4.79 Å². The summed E-state index contributed by atoms with van der Waals surface area (Å²) in [5.74, 6) is 0.272. The third kappa shape index (κ3) is 4.75. The van der Waals surface area contributed by atoms with E-state index in [1.807, 2.05) is 11.8 Å². The van der Waals surface area contributed by atoms with Crippen LogP contribution in [0.2, 0.25) is 0 Å². The van der Waals surface area contributed by atoms with E-state index in [1.54, 1.807) is 0 Å². The van der Waals surface area contributed by atoms with Gasteiger partial charge in [-0.15, -0.1) is 0 Å². The number of nitrogens with one attached hydrogen (secondary N) is 1. The molecular weight excluding hydrogens is 240 g/mol. The molecule has 0 bridgehead atoms. The summed E-state index contributed by atoms with van der Waals surface area (Å²) in [6, 6.07) is 0.361. The summed E-state index contributed by atoms with van der Waals surface area (Å²) >= 11 is 0. The van der Waals surface area contributed by atoms with E-state index in [-0.39, 0.29) is 11.9 Å². The lowest BCUT2D eigenvalue weighted by atomic mass is 10.1. The lowest BCUT2D eigenvalue weighted by Gasteiger charge is -2.38. The van der Waals surface area contributed by atoms with Gasteiger partial charge < -0.3 is 15.1 Å². The summed E-state index contributed by atoms with van der Waals surface area (Å²) in [4.78, 5) is 19.0. The first-order valence-electron chi connectivity index (χ1n) is 7.37. The van der Waals surface area contributed by atoms with Gasteiger partial charge in [-0.25, -0.2) is 0 Å². The van der Waals surface area contributed by atoms with E-state index in [2.05, 4.69) is 43.1 Å². The molecule has 0 spiro atoms. The molecule has 0 saturated carbocycles. The molecule has 1 rings (SSSR count). The number of hydrogen-bond donors (Lipinski definition) is 1. The number of rotatable bonds is 6. The number of hydrogen-bond acceptors (Lipinski definition) is 4. The summed E-state index contributed by atoms with van der Waals surface area (Å²) < 4.78 is 0. The van der Waals surface area contributed by atoms with Crippen LogP contribution < -0.4 is 5.32 Å². The Morgan fingerprint density at radius 3 is 2.32 bits per heavy atom. The van der Waals surface area contributed by atoms with Gasteiger partial charge in [0.15, 0.2) is 0 Å². The molecule has 112 valence electrons. The number of carbonyl (C=O) groups excluding carboxylic acids is 1. The van der Waals surface area contributed by atoms with E-state index in [0.717, 1.165) is 39.3 Å². The number of amides is 1. The van der Waals surface area contributed by atoms with Crippen LogP contribution in [0.4, 0.5) is 0 Å². The summed E-state index contributed by atoms with van der Waals surface area (Å²) in [6.45, 7) is 11.8. The van der Waals surface area contributed by atoms with Gasteiger partial charge in [0.1, 0.15) is 0 Å². The standard InChI is InChI=1S/C14H30N4O/c1-6-18(12(2)11-16(4)5)13(3)14(19)17-9-7-15-8-10-17/h12-13,15H,6-11H2,1-5H3. The van der Waals surface area contributed by atoms with Gasteiger partial charge in [0.2, 0.25) is 5.91 Å². The molecule has 0 aliphatic carbocycles. The average molecular weight is 270 g/mol. The fourth-order valence-corrected chi connectivity index (χ4v) is 2.89. The Balaban J connectivity index is 2.60. The minimum atomic E-state index is -0.0296. The Hall–Kier alpha value is -0.650. The Bertz CT molecular complexity index is 277. The molecule has 1 saturated heterocycles. The van der Waals surface area contributed by atoms with Crippen molar-refractivity contribution in [2.45, 2.75) is 32.9 Å². The molecule has 1 amide bonds. The van der Waals surface area contributed by atoms with Crippen molar-refractivity contribution >= 4 is 5.91 Å². The van der Waals surface area contributed by atoms with Crippen molar-refractivity contribution in [2.75, 3.05) is 53.4 Å². The van der Waals surface area contributed by atoms with E-state index in [0.29, 0.717) is 6.04 Å². The molecule has 0 aromatic heterocycles. The fourth-order valence-electron chi connectivity index (χ4n) is 2.89. The van der Waals surface area contributed by atoms with Gasteiger partial charge in [-0.2, -0.15) is 0 Å². The summed E-state index contributed by atoms with van der Waals surface area (Å²) in [5.41, 5.74) is 0. The molecule has 0 radical (unpaired) electrons. The van der Waals surface area contributed by atoms with E-state index in [4.69, 9.17) is 0 Å². The fraction of sp³-hybridized carbons (Fsp3) is 0.929. The second-order valence-corrected chi connectivity index (χ2v) is 5.69. The van der Waals surface area contributed by atoms with Crippen LogP contribution in [-0.2, 0) is 4.79 Å². The van der Waals surface area contributed by atoms with Crippen LogP contribution in [0.15, 0.2) is 0 Å². The Kier molecular flexibility index (Phi) is 6.75. The molecule has 1 heterocycles. The van der Waals surface area contributed by atoms with Crippen molar-refractivity contribution < 1.29 is 4.79 Å². The van der Waals surface area contributed by atoms with Crippen LogP contribution in [0.1, 0.15) is 20.8 Å². The van der Waals surface area contributed by atoms with Crippen molar-refractivity contribution in [1.29, 1.82) is 0 Å². The van der Waals surface area contributed by atoms with Crippen LogP contribution in [0.5, 0.6) is 0 Å². The van der Waals surface area contributed by atoms with Gasteiger partial charge in [-0.05, 0) is 34.5 Å². The highest BCUT2D eigenvalue weighted by atomic mass is 16.2. The van der Waals surface area contributed by atoms with Gasteiger partial charge in [-0.3, -0.25) is 9.69 Å². The first-order valence-corrected chi connectivity index (χ1v) is 7.37. The zero-order valence-corrected chi connectivity index (χ0v) is 13.1. The maximum absolute atomic E-state index is 12.5. The van der Waals surface area contributed by atoms with Crippen LogP contribution in [0.25, 0.3) is 0 Å². The van der Waals surface area contributed by atoms with Gasteiger partial charge in [0.25, 0.3) is 0 Å². The third-order valence-corrected chi connectivity index (χ3v) is 3.84. The molecule has 19 heavy (non-hydrogen) atoms. The van der Waals surface area contributed by atoms with E-state index >= 15 is 0 Å². The van der Waals surface area contributed by atoms with E-state index in [1.165, 1.54) is 0 Å². The monoisotopic (exact) mass is 270 g/mol. The number of piperazine rings is 1. The van der Waals surface area contributed by atoms with Crippen molar-refractivity contribution in [3.63, 3.8) is 0 Å². The molecular formula is C14H30N4O. The highest BCUT2D eigenvalue weighted by Gasteiger charge is 2.28. The predicted octanol–water partition coefficient (Wildman–Crippen LogP) is 0.0787. The summed E-state index contributed by atoms with van der Waals surface area (Å²) in [5, 5.41) is 3.29. The van der Waals surface area contributed by atoms with Gasteiger partial charge in [0.05, 0.1) is 6.04 Å². The molecule has 2 atom stereocenters. The molecule has 1 aliphatic heterocycles. The summed E-state index contributed by atoms with van der Waals surface area (Å²) in [7, 11) is 4.15. The molecule has 0 aromatic rings. The maximum atomic E-state index is 12.5. The predicted molar refractivity (Wildman–Crippen MR) is 79.3 cm³/mol. The molecule has 2 unspecified atom stereocenters. The second kappa shape index (κ2) is 7.82. The van der Waals surface area contributed by atoms with Crippen molar-refractivity contribution in [2.24, 2.45) is 0 Å². The minimum Gasteiger partial charge on any atom is -0.339 e. The van der Waals surface area contributed by atoms with Crippen LogP contribution >= 0.6 is 0 Å². The van der Waals surface area contributed by atoms with Crippen molar-refractivity contribution in [3.8, 4) is 0 Å². The minimum absolute atomic E-state index is 0.0296. The molecule has 5 nitrogen and oxygen atoms in total. The molecule has 1 aliphatic rings. The largest absolute Gasteiger partial charge is 0.339 e. The smallest absolute Gasteiger partial charge is 0.239 e. The van der Waals surface area contributed by atoms with Crippen molar-refractivity contribution in [3.05, 3.63) is 0 Å². The first kappa shape index (κ1) is 16.4. The third-order valence-electron chi connectivity index (χ3n) is 3.84. The SMILES string of the molecule is CCN(C(C)CN(C)C)C(C)C(=O)N1CCNCC1. The number of carbonyl (C=O) groups is 1. The quantitative estimate of drug-likeness (QED) is 0.742. The Morgan fingerprint density at radius 1 is 1.26 bits per heavy atom. The Labute approximate surface area is 117 Å². The topological polar surface area (TPSA) is 38.8 Å². The van der Waals surface area contributed by atoms with Gasteiger partial charge in [-0.1, -0.05) is 6.92 Å². The van der Waals surface area contributed by atoms with Crippen LogP contribution in [-0.4, -0.2) is 86.1 Å². The molecule has 1 fully saturated rings. The summed E-state index contributed by atoms with van der Waals surface area (Å²) in [6.07, 6.45) is 0. The van der Waals surface area contributed by atoms with Crippen molar-refractivity contribution in [1.82, 2.24) is 20.0 Å². The molecule has 1 N–H and O–H groups in total. The zero-order chi connectivity index (χ0) is 14.4. The molecule has 5 heteroatoms. The first-order chi connectivity index (χ1) is 8.97. The van der Waals surface area contributed by atoms with Gasteiger partial charge in [0, 0.05) is 38.8 Å². The maximum Gasteiger partial charge on any atom is 0.239 e. The Morgan fingerprint density at radius 2 is 1.84 bits per heavy atom. The number of likely N-dealkylation sites (N-methyl/N-ethyl adjacent to an activating group) is 2. The second-order valence-electron chi connectivity index (χ2n) is 5.69. The zero-order valence-electron chi connectivity index (χ0n) is 13.1. The van der Waals surface area contributed by atoms with Gasteiger partial charge >= 0.3 is 0 Å². The highest BCUT2D eigenvalue weighted by Crippen LogP contribution is 2.10. The lowest BCUT2D eigenvalue weighted by molar-refractivity contribution is -0.137. The highest BCUT2D eigenvalue weighted by molar-refractivity contribution is 5.81. The number of nitrogens with zero attached hydrogens (tertiary/aromatic N) is 3. The van der Waals surface area contributed by atoms with Crippen LogP contribution in [0, 0.1) is 0 Å². The normalized spacial score (nSPS) is 19.8. The average Bonchev–Trinajstić information content (AvgIpc) is 2.38. The van der Waals surface area contributed by atoms with Crippen LogP contribution in [0.3, 0.4) is 0 Å².